The molecule has 1 fully saturated rings. The van der Waals surface area contributed by atoms with Gasteiger partial charge in [0.2, 0.25) is 10.0 Å². The molecule has 1 amide bonds. The quantitative estimate of drug-likeness (QED) is 0.730. The van der Waals surface area contributed by atoms with E-state index in [-0.39, 0.29) is 23.9 Å². The van der Waals surface area contributed by atoms with E-state index in [9.17, 15) is 26.4 Å². The summed E-state index contributed by atoms with van der Waals surface area (Å²) in [4.78, 5) is 12.4. The Morgan fingerprint density at radius 3 is 2.07 bits per heavy atom. The van der Waals surface area contributed by atoms with E-state index >= 15 is 0 Å². The predicted molar refractivity (Wildman–Crippen MR) is 95.6 cm³/mol. The fourth-order valence-electron chi connectivity index (χ4n) is 3.36. The first-order valence-corrected chi connectivity index (χ1v) is 10.5. The highest BCUT2D eigenvalue weighted by Gasteiger charge is 2.43. The molecular formula is C18H25F3N2O3S. The van der Waals surface area contributed by atoms with E-state index in [4.69, 9.17) is 0 Å². The molecule has 0 N–H and O–H groups in total. The number of hydrogen-bond acceptors (Lipinski definition) is 3. The first-order valence-electron chi connectivity index (χ1n) is 9.04. The molecule has 1 aromatic carbocycles. The van der Waals surface area contributed by atoms with Gasteiger partial charge in [0.1, 0.15) is 0 Å². The Morgan fingerprint density at radius 1 is 1.11 bits per heavy atom. The molecule has 0 aromatic heterocycles. The number of carbonyl (C=O) groups is 1. The van der Waals surface area contributed by atoms with Crippen LogP contribution in [0.25, 0.3) is 0 Å². The number of halogens is 3. The lowest BCUT2D eigenvalue weighted by Crippen LogP contribution is -2.45. The summed E-state index contributed by atoms with van der Waals surface area (Å²) < 4.78 is 63.8. The highest BCUT2D eigenvalue weighted by molar-refractivity contribution is 7.89. The molecule has 0 atom stereocenters. The van der Waals surface area contributed by atoms with E-state index in [1.165, 1.54) is 4.31 Å². The van der Waals surface area contributed by atoms with Crippen LogP contribution in [0, 0.1) is 5.92 Å². The Bertz CT molecular complexity index is 736. The average Bonchev–Trinajstić information content (AvgIpc) is 2.62. The number of hydrogen-bond donors (Lipinski definition) is 0. The van der Waals surface area contributed by atoms with E-state index in [2.05, 4.69) is 0 Å². The summed E-state index contributed by atoms with van der Waals surface area (Å²) in [5, 5.41) is 0. The van der Waals surface area contributed by atoms with Crippen molar-refractivity contribution < 1.29 is 26.4 Å². The van der Waals surface area contributed by atoms with Crippen molar-refractivity contribution >= 4 is 15.9 Å². The fraction of sp³-hybridized carbons (Fsp3) is 0.611. The zero-order valence-electron chi connectivity index (χ0n) is 15.5. The van der Waals surface area contributed by atoms with Gasteiger partial charge >= 0.3 is 12.1 Å². The van der Waals surface area contributed by atoms with Crippen molar-refractivity contribution in [2.75, 3.05) is 26.2 Å². The first-order chi connectivity index (χ1) is 12.6. The van der Waals surface area contributed by atoms with Crippen LogP contribution >= 0.6 is 0 Å². The Hall–Kier alpha value is -1.61. The smallest absolute Gasteiger partial charge is 0.335 e. The Balaban J connectivity index is 1.96. The molecule has 1 aliphatic heterocycles. The minimum Gasteiger partial charge on any atom is -0.335 e. The number of piperidine rings is 1. The van der Waals surface area contributed by atoms with E-state index in [1.54, 1.807) is 38.1 Å². The van der Waals surface area contributed by atoms with Gasteiger partial charge in [-0.1, -0.05) is 26.0 Å². The molecule has 1 aromatic rings. The second-order valence-electron chi connectivity index (χ2n) is 6.67. The van der Waals surface area contributed by atoms with Crippen molar-refractivity contribution in [1.82, 2.24) is 9.21 Å². The molecule has 5 nitrogen and oxygen atoms in total. The molecule has 1 saturated heterocycles. The number of alkyl halides is 3. The lowest BCUT2D eigenvalue weighted by atomic mass is 9.90. The maximum atomic E-state index is 12.5. The van der Waals surface area contributed by atoms with Crippen molar-refractivity contribution in [2.24, 2.45) is 5.92 Å². The van der Waals surface area contributed by atoms with Crippen LogP contribution in [0.4, 0.5) is 13.2 Å². The lowest BCUT2D eigenvalue weighted by Gasteiger charge is -2.32. The second-order valence-corrected chi connectivity index (χ2v) is 8.61. The molecular weight excluding hydrogens is 381 g/mol. The number of sulfonamides is 1. The minimum atomic E-state index is -4.82. The molecule has 0 spiro atoms. The van der Waals surface area contributed by atoms with Gasteiger partial charge in [-0.05, 0) is 42.9 Å². The van der Waals surface area contributed by atoms with E-state index in [0.29, 0.717) is 32.4 Å². The molecule has 2 rings (SSSR count). The van der Waals surface area contributed by atoms with Gasteiger partial charge in [-0.15, -0.1) is 0 Å². The van der Waals surface area contributed by atoms with Crippen molar-refractivity contribution in [2.45, 2.75) is 44.2 Å². The zero-order valence-corrected chi connectivity index (χ0v) is 16.3. The van der Waals surface area contributed by atoms with Gasteiger partial charge in [-0.2, -0.15) is 17.5 Å². The summed E-state index contributed by atoms with van der Waals surface area (Å²) in [5.74, 6) is -1.60. The highest BCUT2D eigenvalue weighted by Crippen LogP contribution is 2.26. The normalized spacial score (nSPS) is 16.7. The van der Waals surface area contributed by atoms with E-state index in [0.717, 1.165) is 10.5 Å². The molecule has 9 heteroatoms. The monoisotopic (exact) mass is 406 g/mol. The van der Waals surface area contributed by atoms with Crippen LogP contribution in [0.15, 0.2) is 29.2 Å². The van der Waals surface area contributed by atoms with Crippen LogP contribution < -0.4 is 0 Å². The van der Waals surface area contributed by atoms with Gasteiger partial charge in [-0.3, -0.25) is 4.79 Å². The van der Waals surface area contributed by atoms with Crippen LogP contribution in [-0.4, -0.2) is 55.9 Å². The number of amides is 1. The summed E-state index contributed by atoms with van der Waals surface area (Å²) in [5.41, 5.74) is 0.939. The van der Waals surface area contributed by atoms with Gasteiger partial charge in [0.25, 0.3) is 0 Å². The summed E-state index contributed by atoms with van der Waals surface area (Å²) in [6.45, 7) is 4.55. The molecule has 0 radical (unpaired) electrons. The lowest BCUT2D eigenvalue weighted by molar-refractivity contribution is -0.186. The van der Waals surface area contributed by atoms with E-state index in [1.807, 2.05) is 0 Å². The molecule has 0 unspecified atom stereocenters. The number of likely N-dealkylation sites (tertiary alicyclic amines) is 1. The second kappa shape index (κ2) is 8.60. The first kappa shape index (κ1) is 21.7. The number of benzene rings is 1. The minimum absolute atomic E-state index is 0.0947. The zero-order chi connectivity index (χ0) is 20.2. The molecule has 152 valence electrons. The van der Waals surface area contributed by atoms with Gasteiger partial charge in [0.15, 0.2) is 0 Å². The van der Waals surface area contributed by atoms with Crippen molar-refractivity contribution in [3.63, 3.8) is 0 Å². The summed E-state index contributed by atoms with van der Waals surface area (Å²) in [7, 11) is -3.50. The molecule has 27 heavy (non-hydrogen) atoms. The fourth-order valence-corrected chi connectivity index (χ4v) is 4.82. The summed E-state index contributed by atoms with van der Waals surface area (Å²) in [6, 6.07) is 6.66. The van der Waals surface area contributed by atoms with Crippen molar-refractivity contribution in [3.8, 4) is 0 Å². The standard InChI is InChI=1S/C18H25F3N2O3S/c1-3-23(4-2)27(25,26)16-7-5-14(6-8-16)13-15-9-11-22(12-10-15)17(24)18(19,20)21/h5-8,15H,3-4,9-13H2,1-2H3. The average molecular weight is 406 g/mol. The summed E-state index contributed by atoms with van der Waals surface area (Å²) in [6.07, 6.45) is -3.17. The van der Waals surface area contributed by atoms with Gasteiger partial charge in [-0.25, -0.2) is 8.42 Å². The Labute approximate surface area is 158 Å². The SMILES string of the molecule is CCN(CC)S(=O)(=O)c1ccc(CC2CCN(C(=O)C(F)(F)F)CC2)cc1. The third kappa shape index (κ3) is 5.22. The van der Waals surface area contributed by atoms with Crippen molar-refractivity contribution in [3.05, 3.63) is 29.8 Å². The van der Waals surface area contributed by atoms with Crippen LogP contribution in [0.5, 0.6) is 0 Å². The third-order valence-electron chi connectivity index (χ3n) is 4.94. The largest absolute Gasteiger partial charge is 0.471 e. The summed E-state index contributed by atoms with van der Waals surface area (Å²) >= 11 is 0. The van der Waals surface area contributed by atoms with E-state index < -0.39 is 22.1 Å². The molecule has 1 aliphatic rings. The molecule has 0 aliphatic carbocycles. The van der Waals surface area contributed by atoms with Gasteiger partial charge in [0.05, 0.1) is 4.90 Å². The van der Waals surface area contributed by atoms with Gasteiger partial charge < -0.3 is 4.90 Å². The molecule has 0 bridgehead atoms. The predicted octanol–water partition coefficient (Wildman–Crippen LogP) is 3.06. The molecule has 1 heterocycles. The maximum absolute atomic E-state index is 12.5. The maximum Gasteiger partial charge on any atom is 0.471 e. The van der Waals surface area contributed by atoms with Crippen LogP contribution in [-0.2, 0) is 21.2 Å². The van der Waals surface area contributed by atoms with Gasteiger partial charge in [0, 0.05) is 26.2 Å². The van der Waals surface area contributed by atoms with Crippen LogP contribution in [0.2, 0.25) is 0 Å². The van der Waals surface area contributed by atoms with Crippen molar-refractivity contribution in [1.29, 1.82) is 0 Å². The third-order valence-corrected chi connectivity index (χ3v) is 7.00. The highest BCUT2D eigenvalue weighted by atomic mass is 32.2. The molecule has 0 saturated carbocycles. The number of carbonyl (C=O) groups excluding carboxylic acids is 1. The number of rotatable bonds is 6. The van der Waals surface area contributed by atoms with Crippen LogP contribution in [0.3, 0.4) is 0 Å². The number of nitrogens with zero attached hydrogens (tertiary/aromatic N) is 2. The topological polar surface area (TPSA) is 57.7 Å². The Morgan fingerprint density at radius 2 is 1.63 bits per heavy atom. The Kier molecular flexibility index (Phi) is 6.91. The van der Waals surface area contributed by atoms with Crippen LogP contribution in [0.1, 0.15) is 32.3 Å².